The number of imide groups is 1. The molecule has 4 heterocycles. The fourth-order valence-corrected chi connectivity index (χ4v) is 11.7. The number of epoxide rings is 1. The molecular formula is C68H101N5O17. The summed E-state index contributed by atoms with van der Waals surface area (Å²) in [4.78, 5) is 121. The van der Waals surface area contributed by atoms with Gasteiger partial charge in [0.1, 0.15) is 24.1 Å². The monoisotopic (exact) mass is 1260 g/mol. The van der Waals surface area contributed by atoms with Gasteiger partial charge >= 0.3 is 18.2 Å². The average molecular weight is 1260 g/mol. The lowest BCUT2D eigenvalue weighted by atomic mass is 9.88. The summed E-state index contributed by atoms with van der Waals surface area (Å²) in [5, 5.41) is 35.4. The van der Waals surface area contributed by atoms with Crippen LogP contribution in [0.4, 0.5) is 9.59 Å². The number of carbonyl (C=O) groups is 9. The number of cyclic esters (lactones) is 1. The number of ether oxygens (including phenoxy) is 5. The Bertz CT molecular complexity index is 2720. The number of hydrogen-bond acceptors (Lipinski definition) is 17. The summed E-state index contributed by atoms with van der Waals surface area (Å²) in [6.07, 6.45) is 10.9. The summed E-state index contributed by atoms with van der Waals surface area (Å²) in [5.41, 5.74) is 4.98. The van der Waals surface area contributed by atoms with E-state index in [0.717, 1.165) is 4.90 Å². The van der Waals surface area contributed by atoms with Crippen molar-refractivity contribution in [1.29, 1.82) is 0 Å². The van der Waals surface area contributed by atoms with Crippen LogP contribution in [0.3, 0.4) is 0 Å². The van der Waals surface area contributed by atoms with E-state index < -0.39 is 89.5 Å². The highest BCUT2D eigenvalue weighted by Gasteiger charge is 2.47. The Labute approximate surface area is 531 Å². The van der Waals surface area contributed by atoms with Crippen molar-refractivity contribution in [1.82, 2.24) is 20.0 Å². The lowest BCUT2D eigenvalue weighted by Gasteiger charge is -2.41. The lowest BCUT2D eigenvalue weighted by Crippen LogP contribution is -2.57. The van der Waals surface area contributed by atoms with Crippen LogP contribution in [0.5, 0.6) is 0 Å². The molecule has 0 bridgehead atoms. The van der Waals surface area contributed by atoms with Crippen LogP contribution in [0, 0.1) is 23.7 Å². The minimum atomic E-state index is -1.22. The number of nitrogens with zero attached hydrogens (tertiary/aromatic N) is 3. The zero-order chi connectivity index (χ0) is 66.5. The third kappa shape index (κ3) is 23.0. The second-order valence-corrected chi connectivity index (χ2v) is 25.7. The molecule has 22 heteroatoms. The van der Waals surface area contributed by atoms with Crippen LogP contribution in [0.25, 0.3) is 0 Å². The van der Waals surface area contributed by atoms with Gasteiger partial charge in [0.2, 0.25) is 11.8 Å². The molecule has 0 saturated carbocycles. The number of hydrogen-bond donors (Lipinski definition) is 5. The van der Waals surface area contributed by atoms with Crippen molar-refractivity contribution in [3.8, 4) is 0 Å². The largest absolute Gasteiger partial charge is 0.457 e. The highest BCUT2D eigenvalue weighted by atomic mass is 16.6. The van der Waals surface area contributed by atoms with Gasteiger partial charge in [0, 0.05) is 95.3 Å². The van der Waals surface area contributed by atoms with E-state index >= 15 is 0 Å². The molecule has 0 aliphatic carbocycles. The number of ketones is 2. The van der Waals surface area contributed by atoms with Crippen LogP contribution in [-0.2, 0) is 70.3 Å². The van der Waals surface area contributed by atoms with Gasteiger partial charge in [0.15, 0.2) is 11.9 Å². The highest BCUT2D eigenvalue weighted by Crippen LogP contribution is 2.38. The van der Waals surface area contributed by atoms with Crippen LogP contribution >= 0.6 is 0 Å². The number of unbranched alkanes of at least 4 members (excludes halogenated alkanes) is 3. The Morgan fingerprint density at radius 3 is 2.26 bits per heavy atom. The third-order valence-electron chi connectivity index (χ3n) is 17.9. The molecular weight excluding hydrogens is 1160 g/mol. The zero-order valence-corrected chi connectivity index (χ0v) is 54.6. The minimum Gasteiger partial charge on any atom is -0.457 e. The van der Waals surface area contributed by atoms with Crippen molar-refractivity contribution in [2.24, 2.45) is 29.4 Å². The molecule has 4 aliphatic rings. The number of allylic oxidation sites excluding steroid dienone is 2. The molecule has 22 nitrogen and oxygen atoms in total. The van der Waals surface area contributed by atoms with E-state index in [-0.39, 0.29) is 132 Å². The Morgan fingerprint density at radius 2 is 1.61 bits per heavy atom. The van der Waals surface area contributed by atoms with E-state index in [1.165, 1.54) is 24.2 Å². The number of benzene rings is 1. The summed E-state index contributed by atoms with van der Waals surface area (Å²) in [6.45, 7) is 17.2. The number of piperazine rings is 1. The third-order valence-corrected chi connectivity index (χ3v) is 17.9. The Morgan fingerprint density at radius 1 is 0.933 bits per heavy atom. The van der Waals surface area contributed by atoms with Crippen molar-refractivity contribution in [2.75, 3.05) is 33.3 Å². The summed E-state index contributed by atoms with van der Waals surface area (Å²) >= 11 is 0. The van der Waals surface area contributed by atoms with Gasteiger partial charge in [-0.25, -0.2) is 9.59 Å². The van der Waals surface area contributed by atoms with Gasteiger partial charge in [0.05, 0.1) is 48.5 Å². The zero-order valence-electron chi connectivity index (χ0n) is 54.6. The van der Waals surface area contributed by atoms with Gasteiger partial charge in [0.25, 0.3) is 11.8 Å². The number of primary amides is 1. The quantitative estimate of drug-likeness (QED) is 0.00889. The van der Waals surface area contributed by atoms with E-state index in [2.05, 4.69) is 5.32 Å². The highest BCUT2D eigenvalue weighted by molar-refractivity contribution is 6.12. The first-order valence-electron chi connectivity index (χ1n) is 32.2. The number of nitrogens with one attached hydrogen (secondary N) is 1. The van der Waals surface area contributed by atoms with Crippen molar-refractivity contribution in [2.45, 2.75) is 232 Å². The molecule has 13 atom stereocenters. The maximum atomic E-state index is 14.2. The van der Waals surface area contributed by atoms with Crippen molar-refractivity contribution in [3.63, 3.8) is 0 Å². The number of methoxy groups -OCH3 is 1. The van der Waals surface area contributed by atoms with E-state index in [0.29, 0.717) is 68.1 Å². The van der Waals surface area contributed by atoms with Crippen LogP contribution in [0.15, 0.2) is 72.4 Å². The van der Waals surface area contributed by atoms with E-state index in [1.807, 2.05) is 47.6 Å². The first-order valence-corrected chi connectivity index (χ1v) is 32.2. The molecule has 6 N–H and O–H groups in total. The van der Waals surface area contributed by atoms with Crippen LogP contribution < -0.4 is 11.1 Å². The number of rotatable bonds is 32. The van der Waals surface area contributed by atoms with Gasteiger partial charge in [-0.05, 0) is 101 Å². The predicted octanol–water partition coefficient (Wildman–Crippen LogP) is 7.46. The number of Topliss-reactive ketones (excluding diaryl/α,β-unsaturated/α-hetero) is 2. The number of amides is 6. The number of aliphatic hydroxyl groups excluding tert-OH is 2. The molecule has 0 unspecified atom stereocenters. The first kappa shape index (κ1) is 74.1. The van der Waals surface area contributed by atoms with Crippen molar-refractivity contribution in [3.05, 3.63) is 83.5 Å². The Balaban J connectivity index is 1.16. The van der Waals surface area contributed by atoms with Gasteiger partial charge in [-0.2, -0.15) is 0 Å². The summed E-state index contributed by atoms with van der Waals surface area (Å²) in [6, 6.07) is 5.67. The molecule has 5 rings (SSSR count). The van der Waals surface area contributed by atoms with E-state index in [4.69, 9.17) is 29.4 Å². The molecule has 500 valence electrons. The van der Waals surface area contributed by atoms with Crippen molar-refractivity contribution >= 4 is 53.4 Å². The average Bonchev–Trinajstić information content (AvgIpc) is 1.65. The van der Waals surface area contributed by atoms with E-state index in [1.54, 1.807) is 74.2 Å². The first-order chi connectivity index (χ1) is 42.6. The molecule has 6 amide bonds. The second kappa shape index (κ2) is 35.3. The summed E-state index contributed by atoms with van der Waals surface area (Å²) in [5.74, 6) is -3.97. The summed E-state index contributed by atoms with van der Waals surface area (Å²) in [7, 11) is 1.50. The fraction of sp³-hybridized carbons (Fsp3) is 0.662. The number of carbonyl (C=O) groups excluding carboxylic acids is 9. The number of esters is 1. The molecule has 90 heavy (non-hydrogen) atoms. The summed E-state index contributed by atoms with van der Waals surface area (Å²) < 4.78 is 29.9. The van der Waals surface area contributed by atoms with Gasteiger partial charge < -0.3 is 59.9 Å². The van der Waals surface area contributed by atoms with Crippen LogP contribution in [0.2, 0.25) is 0 Å². The normalized spacial score (nSPS) is 25.8. The predicted molar refractivity (Wildman–Crippen MR) is 336 cm³/mol. The van der Waals surface area contributed by atoms with Gasteiger partial charge in [-0.1, -0.05) is 103 Å². The topological polar surface area (TPSA) is 312 Å². The molecule has 0 radical (unpaired) electrons. The number of aliphatic hydroxyl groups is 3. The minimum absolute atomic E-state index is 0.0139. The molecule has 0 spiro atoms. The Hall–Kier alpha value is -6.59. The molecule has 0 aromatic heterocycles. The fourth-order valence-electron chi connectivity index (χ4n) is 11.7. The van der Waals surface area contributed by atoms with Gasteiger partial charge in [-0.3, -0.25) is 38.5 Å². The molecule has 2 fully saturated rings. The van der Waals surface area contributed by atoms with Gasteiger partial charge in [-0.15, -0.1) is 0 Å². The lowest BCUT2D eigenvalue weighted by molar-refractivity contribution is -0.151. The molecule has 4 aliphatic heterocycles. The number of nitrogens with two attached hydrogens (primary N) is 1. The standard InChI is InChI=1S/C68H101N5O17/c1-11-49-41-71(65(83)89-57-28-23-45(6)62(90-61(81)39-51(75)31-33-68(57,9)86-10)44(5)19-18-32-67(8,85)40-56-63(88-56)46(7)54(76)12-2)35-36-72(49)66(84)87-42-48-26-24-47(25-27-48)37-55(77)53(21-15-16-22-58(69)78)70-64(82)52(43(3)4)38-50(74)20-14-13-17-34-73-59(79)29-30-60(73)80/h18-19,23-30,32,43,45-46,49,51-54,56-57,62-63,75-76,85H,11-17,20-22,31,33-42H2,1-10H3,(H2,69,78)(H,70,82)/b28-23+,32-18+,44-19+/t45-,46+,49-,51+,52-,53-,54-,56+,57-,62+,63+,67-,68+/m0/s1. The maximum Gasteiger partial charge on any atom is 0.410 e. The van der Waals surface area contributed by atoms with Crippen molar-refractivity contribution < 1.29 is 82.2 Å². The van der Waals surface area contributed by atoms with E-state index in [9.17, 15) is 58.5 Å². The maximum absolute atomic E-state index is 14.2. The van der Waals surface area contributed by atoms with Crippen LogP contribution in [0.1, 0.15) is 170 Å². The SMILES string of the molecule is CC[C@H]1CN(C(=O)O[C@H]2/C=C/[C@H](C)[C@@H](/C(C)=C/C=C/[C@](C)(O)C[C@H]3O[C@@H]3[C@H](C)[C@@H](O)CC)OC(=O)C[C@H](O)CC[C@@]2(C)OC)CCN1C(=O)OCc1ccc(CC(=O)[C@H](CCCCC(N)=O)NC(=O)[C@@H](CC(=O)CCCCCN2C(=O)C=CC2=O)C(C)C)cc1. The van der Waals surface area contributed by atoms with Crippen LogP contribution in [-0.4, -0.2) is 177 Å². The smallest absolute Gasteiger partial charge is 0.410 e. The second-order valence-electron chi connectivity index (χ2n) is 25.7. The molecule has 1 aromatic carbocycles. The molecule has 2 saturated heterocycles. The Kier molecular flexibility index (Phi) is 29.1. The molecule has 1 aromatic rings.